The summed E-state index contributed by atoms with van der Waals surface area (Å²) in [6, 6.07) is -0.0778. The molecule has 1 saturated heterocycles. The Hall–Kier alpha value is -2.05. The molecule has 3 rings (SSSR count). The second kappa shape index (κ2) is 7.89. The minimum Gasteiger partial charge on any atom is -0.361 e. The summed E-state index contributed by atoms with van der Waals surface area (Å²) in [6.07, 6.45) is 4.44. The van der Waals surface area contributed by atoms with Gasteiger partial charge < -0.3 is 19.6 Å². The predicted octanol–water partition coefficient (Wildman–Crippen LogP) is 1.95. The lowest BCUT2D eigenvalue weighted by Crippen LogP contribution is -2.42. The van der Waals surface area contributed by atoms with E-state index in [1.165, 1.54) is 0 Å². The van der Waals surface area contributed by atoms with E-state index in [0.29, 0.717) is 26.2 Å². The maximum absolute atomic E-state index is 12.5. The molecule has 1 saturated carbocycles. The SMILES string of the molecule is CCc1noc(CC)c1CNC(=O)N1CCCN(C(=O)C2CC2)CC1. The number of aryl methyl sites for hydroxylation is 2. The second-order valence-corrected chi connectivity index (χ2v) is 6.84. The molecule has 25 heavy (non-hydrogen) atoms. The molecule has 0 radical (unpaired) electrons. The molecule has 1 aliphatic carbocycles. The number of hydrogen-bond acceptors (Lipinski definition) is 4. The molecule has 1 aliphatic heterocycles. The van der Waals surface area contributed by atoms with Crippen molar-refractivity contribution in [2.24, 2.45) is 5.92 Å². The van der Waals surface area contributed by atoms with E-state index in [4.69, 9.17) is 4.52 Å². The van der Waals surface area contributed by atoms with Gasteiger partial charge in [0.25, 0.3) is 0 Å². The molecule has 0 unspecified atom stereocenters. The lowest BCUT2D eigenvalue weighted by Gasteiger charge is -2.22. The number of rotatable bonds is 5. The highest BCUT2D eigenvalue weighted by Crippen LogP contribution is 2.31. The van der Waals surface area contributed by atoms with Gasteiger partial charge in [0.15, 0.2) is 0 Å². The minimum absolute atomic E-state index is 0.0778. The predicted molar refractivity (Wildman–Crippen MR) is 93.0 cm³/mol. The van der Waals surface area contributed by atoms with Crippen LogP contribution in [0.4, 0.5) is 4.79 Å². The number of nitrogens with one attached hydrogen (secondary N) is 1. The molecule has 0 aromatic carbocycles. The van der Waals surface area contributed by atoms with E-state index in [1.54, 1.807) is 0 Å². The lowest BCUT2D eigenvalue weighted by atomic mass is 10.1. The summed E-state index contributed by atoms with van der Waals surface area (Å²) in [6.45, 7) is 7.16. The van der Waals surface area contributed by atoms with Crippen LogP contribution in [0.3, 0.4) is 0 Å². The Morgan fingerprint density at radius 1 is 1.12 bits per heavy atom. The average Bonchev–Trinajstić information content (AvgIpc) is 3.43. The molecule has 7 nitrogen and oxygen atoms in total. The van der Waals surface area contributed by atoms with Crippen LogP contribution in [0.15, 0.2) is 4.52 Å². The van der Waals surface area contributed by atoms with Crippen molar-refractivity contribution in [3.05, 3.63) is 17.0 Å². The van der Waals surface area contributed by atoms with Crippen LogP contribution in [0.2, 0.25) is 0 Å². The number of hydrogen-bond donors (Lipinski definition) is 1. The first-order valence-corrected chi connectivity index (χ1v) is 9.41. The largest absolute Gasteiger partial charge is 0.361 e. The van der Waals surface area contributed by atoms with Gasteiger partial charge in [-0.05, 0) is 25.7 Å². The normalized spacial score (nSPS) is 18.2. The number of carbonyl (C=O) groups excluding carboxylic acids is 2. The first kappa shape index (κ1) is 17.8. The summed E-state index contributed by atoms with van der Waals surface area (Å²) in [5.74, 6) is 1.36. The van der Waals surface area contributed by atoms with E-state index >= 15 is 0 Å². The summed E-state index contributed by atoms with van der Waals surface area (Å²) in [7, 11) is 0. The number of urea groups is 1. The molecule has 7 heteroatoms. The first-order valence-electron chi connectivity index (χ1n) is 9.41. The fraction of sp³-hybridized carbons (Fsp3) is 0.722. The van der Waals surface area contributed by atoms with Crippen LogP contribution in [0.1, 0.15) is 50.1 Å². The molecular weight excluding hydrogens is 320 g/mol. The first-order chi connectivity index (χ1) is 12.1. The number of amides is 3. The topological polar surface area (TPSA) is 78.7 Å². The molecule has 1 aromatic heterocycles. The standard InChI is InChI=1S/C18H28N4O3/c1-3-15-14(16(4-2)25-20-15)12-19-18(24)22-9-5-8-21(10-11-22)17(23)13-6-7-13/h13H,3-12H2,1-2H3,(H,19,24). The fourth-order valence-corrected chi connectivity index (χ4v) is 3.34. The van der Waals surface area contributed by atoms with Crippen LogP contribution in [-0.4, -0.2) is 53.1 Å². The number of nitrogens with zero attached hydrogens (tertiary/aromatic N) is 3. The molecule has 2 aliphatic rings. The molecule has 1 N–H and O–H groups in total. The molecule has 2 fully saturated rings. The Kier molecular flexibility index (Phi) is 5.60. The van der Waals surface area contributed by atoms with Crippen molar-refractivity contribution < 1.29 is 14.1 Å². The van der Waals surface area contributed by atoms with Crippen LogP contribution in [0.5, 0.6) is 0 Å². The highest BCUT2D eigenvalue weighted by molar-refractivity contribution is 5.81. The van der Waals surface area contributed by atoms with E-state index in [2.05, 4.69) is 10.5 Å². The van der Waals surface area contributed by atoms with Crippen molar-refractivity contribution in [1.29, 1.82) is 0 Å². The van der Waals surface area contributed by atoms with Gasteiger partial charge in [0, 0.05) is 50.6 Å². The Morgan fingerprint density at radius 2 is 1.84 bits per heavy atom. The van der Waals surface area contributed by atoms with Gasteiger partial charge in [0.2, 0.25) is 5.91 Å². The molecule has 0 bridgehead atoms. The van der Waals surface area contributed by atoms with Gasteiger partial charge in [-0.15, -0.1) is 0 Å². The summed E-state index contributed by atoms with van der Waals surface area (Å²) in [5.41, 5.74) is 1.91. The quantitative estimate of drug-likeness (QED) is 0.882. The molecule has 138 valence electrons. The van der Waals surface area contributed by atoms with Gasteiger partial charge in [-0.1, -0.05) is 19.0 Å². The van der Waals surface area contributed by atoms with Gasteiger partial charge in [-0.2, -0.15) is 0 Å². The fourth-order valence-electron chi connectivity index (χ4n) is 3.34. The second-order valence-electron chi connectivity index (χ2n) is 6.84. The van der Waals surface area contributed by atoms with Crippen LogP contribution in [0.25, 0.3) is 0 Å². The molecule has 0 spiro atoms. The van der Waals surface area contributed by atoms with Crippen molar-refractivity contribution in [2.75, 3.05) is 26.2 Å². The maximum atomic E-state index is 12.5. The smallest absolute Gasteiger partial charge is 0.317 e. The summed E-state index contributed by atoms with van der Waals surface area (Å²) in [5, 5.41) is 7.07. The zero-order valence-electron chi connectivity index (χ0n) is 15.2. The lowest BCUT2D eigenvalue weighted by molar-refractivity contribution is -0.132. The van der Waals surface area contributed by atoms with E-state index < -0.39 is 0 Å². The monoisotopic (exact) mass is 348 g/mol. The van der Waals surface area contributed by atoms with Crippen molar-refractivity contribution in [1.82, 2.24) is 20.3 Å². The summed E-state index contributed by atoms with van der Waals surface area (Å²) in [4.78, 5) is 28.5. The van der Waals surface area contributed by atoms with Crippen molar-refractivity contribution in [2.45, 2.75) is 52.5 Å². The molecule has 2 heterocycles. The molecule has 3 amide bonds. The summed E-state index contributed by atoms with van der Waals surface area (Å²) >= 11 is 0. The van der Waals surface area contributed by atoms with Gasteiger partial charge >= 0.3 is 6.03 Å². The molecule has 1 aromatic rings. The summed E-state index contributed by atoms with van der Waals surface area (Å²) < 4.78 is 5.34. The van der Waals surface area contributed by atoms with Crippen molar-refractivity contribution in [3.8, 4) is 0 Å². The van der Waals surface area contributed by atoms with Crippen molar-refractivity contribution in [3.63, 3.8) is 0 Å². The number of carbonyl (C=O) groups is 2. The Balaban J connectivity index is 1.53. The van der Waals surface area contributed by atoms with Crippen LogP contribution >= 0.6 is 0 Å². The number of aromatic nitrogens is 1. The maximum Gasteiger partial charge on any atom is 0.317 e. The van der Waals surface area contributed by atoms with Crippen LogP contribution < -0.4 is 5.32 Å². The van der Waals surface area contributed by atoms with Gasteiger partial charge in [0.1, 0.15) is 5.76 Å². The third-order valence-corrected chi connectivity index (χ3v) is 5.04. The Morgan fingerprint density at radius 3 is 2.52 bits per heavy atom. The Bertz CT molecular complexity index is 602. The van der Waals surface area contributed by atoms with Crippen LogP contribution in [-0.2, 0) is 24.2 Å². The molecule has 0 atom stereocenters. The zero-order valence-corrected chi connectivity index (χ0v) is 15.2. The highest BCUT2D eigenvalue weighted by Gasteiger charge is 2.34. The van der Waals surface area contributed by atoms with Gasteiger partial charge in [0.05, 0.1) is 5.69 Å². The van der Waals surface area contributed by atoms with E-state index in [1.807, 2.05) is 23.6 Å². The Labute approximate surface area is 148 Å². The third kappa shape index (κ3) is 4.14. The van der Waals surface area contributed by atoms with Gasteiger partial charge in [-0.3, -0.25) is 4.79 Å². The minimum atomic E-state index is -0.0778. The van der Waals surface area contributed by atoms with Crippen LogP contribution in [0, 0.1) is 5.92 Å². The van der Waals surface area contributed by atoms with E-state index in [-0.39, 0.29) is 17.9 Å². The molecular formula is C18H28N4O3. The van der Waals surface area contributed by atoms with Crippen molar-refractivity contribution >= 4 is 11.9 Å². The highest BCUT2D eigenvalue weighted by atomic mass is 16.5. The average molecular weight is 348 g/mol. The van der Waals surface area contributed by atoms with E-state index in [9.17, 15) is 9.59 Å². The van der Waals surface area contributed by atoms with Gasteiger partial charge in [-0.25, -0.2) is 4.79 Å². The zero-order chi connectivity index (χ0) is 17.8. The third-order valence-electron chi connectivity index (χ3n) is 5.04. The van der Waals surface area contributed by atoms with E-state index in [0.717, 1.165) is 55.7 Å².